The largest absolute Gasteiger partial charge is 0.0894 e. The maximum Gasteiger partial charge on any atom is 0.0117 e. The summed E-state index contributed by atoms with van der Waals surface area (Å²) in [5, 5.41) is 0. The molecule has 0 heterocycles. The molecule has 0 aliphatic carbocycles. The first-order valence-corrected chi connectivity index (χ1v) is 6.83. The van der Waals surface area contributed by atoms with Crippen molar-refractivity contribution in [2.75, 3.05) is 0 Å². The van der Waals surface area contributed by atoms with Crippen LogP contribution in [-0.4, -0.2) is 4.83 Å². The predicted octanol–water partition coefficient (Wildman–Crippen LogP) is 5.30. The van der Waals surface area contributed by atoms with E-state index in [1.165, 1.54) is 57.8 Å². The van der Waals surface area contributed by atoms with E-state index < -0.39 is 0 Å². The van der Waals surface area contributed by atoms with Crippen LogP contribution in [0.3, 0.4) is 0 Å². The van der Waals surface area contributed by atoms with Gasteiger partial charge >= 0.3 is 0 Å². The van der Waals surface area contributed by atoms with Crippen LogP contribution in [0.25, 0.3) is 0 Å². The Labute approximate surface area is 92.6 Å². The fourth-order valence-electron chi connectivity index (χ4n) is 1.56. The highest BCUT2D eigenvalue weighted by atomic mass is 79.9. The second-order valence-electron chi connectivity index (χ2n) is 4.04. The Morgan fingerprint density at radius 2 is 1.31 bits per heavy atom. The summed E-state index contributed by atoms with van der Waals surface area (Å²) < 4.78 is 0. The first kappa shape index (κ1) is 13.5. The topological polar surface area (TPSA) is 0 Å². The van der Waals surface area contributed by atoms with Gasteiger partial charge in [0, 0.05) is 4.83 Å². The quantitative estimate of drug-likeness (QED) is 0.384. The highest BCUT2D eigenvalue weighted by Crippen LogP contribution is 2.13. The van der Waals surface area contributed by atoms with Gasteiger partial charge in [-0.25, -0.2) is 0 Å². The maximum absolute atomic E-state index is 3.58. The first-order valence-electron chi connectivity index (χ1n) is 5.91. The van der Waals surface area contributed by atoms with Crippen molar-refractivity contribution in [3.8, 4) is 0 Å². The van der Waals surface area contributed by atoms with E-state index in [9.17, 15) is 0 Å². The molecule has 0 nitrogen and oxygen atoms in total. The van der Waals surface area contributed by atoms with Gasteiger partial charge in [0.2, 0.25) is 0 Å². The van der Waals surface area contributed by atoms with Crippen molar-refractivity contribution in [2.24, 2.45) is 0 Å². The average molecular weight is 249 g/mol. The minimum Gasteiger partial charge on any atom is -0.0894 e. The third-order valence-electron chi connectivity index (χ3n) is 2.46. The van der Waals surface area contributed by atoms with E-state index in [4.69, 9.17) is 0 Å². The van der Waals surface area contributed by atoms with Gasteiger partial charge in [0.1, 0.15) is 0 Å². The fourth-order valence-corrected chi connectivity index (χ4v) is 1.88. The molecular formula is C12H25Br. The normalized spacial score (nSPS) is 13.2. The molecule has 0 spiro atoms. The first-order chi connectivity index (χ1) is 6.27. The smallest absolute Gasteiger partial charge is 0.0117 e. The third-order valence-corrected chi connectivity index (χ3v) is 2.91. The number of halogens is 1. The highest BCUT2D eigenvalue weighted by Gasteiger charge is 1.95. The van der Waals surface area contributed by atoms with Gasteiger partial charge in [-0.15, -0.1) is 0 Å². The Kier molecular flexibility index (Phi) is 11.0. The molecule has 0 aliphatic rings. The summed E-state index contributed by atoms with van der Waals surface area (Å²) in [7, 11) is 0. The van der Waals surface area contributed by atoms with Gasteiger partial charge < -0.3 is 0 Å². The van der Waals surface area contributed by atoms with E-state index >= 15 is 0 Å². The van der Waals surface area contributed by atoms with E-state index in [2.05, 4.69) is 29.8 Å². The Hall–Kier alpha value is 0.480. The molecule has 0 aromatic carbocycles. The van der Waals surface area contributed by atoms with Crippen LogP contribution in [0, 0.1) is 0 Å². The molecule has 0 radical (unpaired) electrons. The summed E-state index contributed by atoms with van der Waals surface area (Å²) in [5.74, 6) is 0. The van der Waals surface area contributed by atoms with Crippen molar-refractivity contribution in [3.05, 3.63) is 0 Å². The summed E-state index contributed by atoms with van der Waals surface area (Å²) in [6.45, 7) is 4.51. The zero-order chi connectivity index (χ0) is 9.94. The lowest BCUT2D eigenvalue weighted by atomic mass is 10.1. The standard InChI is InChI=1S/C12H25Br/c1-3-4-5-6-7-8-9-10-11-12(2)13/h12H,3-11H2,1-2H3/t12-/m1/s1. The lowest BCUT2D eigenvalue weighted by molar-refractivity contribution is 0.565. The molecule has 0 N–H and O–H groups in total. The van der Waals surface area contributed by atoms with E-state index in [1.54, 1.807) is 0 Å². The Morgan fingerprint density at radius 3 is 1.77 bits per heavy atom. The molecule has 1 heteroatoms. The monoisotopic (exact) mass is 248 g/mol. The van der Waals surface area contributed by atoms with Gasteiger partial charge in [-0.1, -0.05) is 81.1 Å². The molecule has 0 aliphatic heterocycles. The van der Waals surface area contributed by atoms with Gasteiger partial charge in [-0.3, -0.25) is 0 Å². The summed E-state index contributed by atoms with van der Waals surface area (Å²) in [4.78, 5) is 0.715. The third kappa shape index (κ3) is 12.5. The van der Waals surface area contributed by atoms with E-state index in [0.29, 0.717) is 4.83 Å². The van der Waals surface area contributed by atoms with Crippen LogP contribution >= 0.6 is 15.9 Å². The van der Waals surface area contributed by atoms with Crippen LogP contribution in [-0.2, 0) is 0 Å². The zero-order valence-electron chi connectivity index (χ0n) is 9.32. The van der Waals surface area contributed by atoms with Crippen molar-refractivity contribution < 1.29 is 0 Å². The van der Waals surface area contributed by atoms with E-state index in [0.717, 1.165) is 0 Å². The minimum atomic E-state index is 0.715. The lowest BCUT2D eigenvalue weighted by Gasteiger charge is -2.03. The summed E-state index contributed by atoms with van der Waals surface area (Å²) in [6.07, 6.45) is 12.8. The van der Waals surface area contributed by atoms with Crippen molar-refractivity contribution >= 4 is 15.9 Å². The van der Waals surface area contributed by atoms with Crippen LogP contribution in [0.5, 0.6) is 0 Å². The lowest BCUT2D eigenvalue weighted by Crippen LogP contribution is -1.89. The molecule has 0 unspecified atom stereocenters. The Balaban J connectivity index is 2.84. The van der Waals surface area contributed by atoms with Crippen molar-refractivity contribution in [3.63, 3.8) is 0 Å². The van der Waals surface area contributed by atoms with Crippen LogP contribution in [0.2, 0.25) is 0 Å². The SMILES string of the molecule is CCCCCCCCCC[C@@H](C)Br. The molecule has 0 aromatic rings. The number of hydrogen-bond donors (Lipinski definition) is 0. The number of rotatable bonds is 9. The molecule has 13 heavy (non-hydrogen) atoms. The molecule has 0 amide bonds. The minimum absolute atomic E-state index is 0.715. The van der Waals surface area contributed by atoms with Crippen LogP contribution in [0.15, 0.2) is 0 Å². The molecule has 80 valence electrons. The summed E-state index contributed by atoms with van der Waals surface area (Å²) in [6, 6.07) is 0. The van der Waals surface area contributed by atoms with E-state index in [-0.39, 0.29) is 0 Å². The number of hydrogen-bond acceptors (Lipinski definition) is 0. The second kappa shape index (κ2) is 10.6. The maximum atomic E-state index is 3.58. The fraction of sp³-hybridized carbons (Fsp3) is 1.00. The predicted molar refractivity (Wildman–Crippen MR) is 65.6 cm³/mol. The van der Waals surface area contributed by atoms with Crippen molar-refractivity contribution in [1.29, 1.82) is 0 Å². The van der Waals surface area contributed by atoms with Gasteiger partial charge in [-0.05, 0) is 6.42 Å². The summed E-state index contributed by atoms with van der Waals surface area (Å²) >= 11 is 3.58. The Bertz CT molecular complexity index is 89.1. The number of alkyl halides is 1. The number of unbranched alkanes of at least 4 members (excludes halogenated alkanes) is 7. The van der Waals surface area contributed by atoms with E-state index in [1.807, 2.05) is 0 Å². The van der Waals surface area contributed by atoms with Crippen LogP contribution in [0.4, 0.5) is 0 Å². The van der Waals surface area contributed by atoms with Crippen LogP contribution < -0.4 is 0 Å². The molecule has 0 saturated carbocycles. The Morgan fingerprint density at radius 1 is 0.846 bits per heavy atom. The average Bonchev–Trinajstić information content (AvgIpc) is 2.09. The zero-order valence-corrected chi connectivity index (χ0v) is 10.9. The van der Waals surface area contributed by atoms with Gasteiger partial charge in [0.25, 0.3) is 0 Å². The molecule has 1 atom stereocenters. The van der Waals surface area contributed by atoms with Gasteiger partial charge in [-0.2, -0.15) is 0 Å². The van der Waals surface area contributed by atoms with Gasteiger partial charge in [0.05, 0.1) is 0 Å². The molecular weight excluding hydrogens is 224 g/mol. The van der Waals surface area contributed by atoms with Crippen LogP contribution in [0.1, 0.15) is 71.6 Å². The highest BCUT2D eigenvalue weighted by molar-refractivity contribution is 9.09. The molecule has 0 saturated heterocycles. The summed E-state index contributed by atoms with van der Waals surface area (Å²) in [5.41, 5.74) is 0. The molecule has 0 rings (SSSR count). The van der Waals surface area contributed by atoms with Crippen molar-refractivity contribution in [2.45, 2.75) is 76.5 Å². The van der Waals surface area contributed by atoms with Gasteiger partial charge in [0.15, 0.2) is 0 Å². The molecule has 0 fully saturated rings. The molecule has 0 bridgehead atoms. The molecule has 0 aromatic heterocycles. The van der Waals surface area contributed by atoms with Crippen molar-refractivity contribution in [1.82, 2.24) is 0 Å². The second-order valence-corrected chi connectivity index (χ2v) is 5.61.